The quantitative estimate of drug-likeness (QED) is 0.710. The fourth-order valence-electron chi connectivity index (χ4n) is 0.836. The minimum Gasteiger partial charge on any atom is -0.291 e. The van der Waals surface area contributed by atoms with Gasteiger partial charge in [0, 0.05) is 14.0 Å². The molecule has 0 fully saturated rings. The van der Waals surface area contributed by atoms with Gasteiger partial charge in [-0.1, -0.05) is 11.3 Å². The Balaban J connectivity index is 2.96. The molecule has 13 heavy (non-hydrogen) atoms. The fraction of sp³-hybridized carbons (Fsp3) is 0.500. The highest BCUT2D eigenvalue weighted by Gasteiger charge is 2.12. The SMILES string of the molecule is CSc1sc(N(C)C(C)=O)nc1C. The standard InChI is InChI=1S/C8H12N2OS2/c1-5-7(12-4)13-8(9-5)10(3)6(2)11/h1-4H3. The van der Waals surface area contributed by atoms with Gasteiger partial charge in [-0.25, -0.2) is 4.98 Å². The van der Waals surface area contributed by atoms with E-state index >= 15 is 0 Å². The summed E-state index contributed by atoms with van der Waals surface area (Å²) in [6.45, 7) is 3.50. The Hall–Kier alpha value is -0.550. The van der Waals surface area contributed by atoms with Crippen molar-refractivity contribution in [1.29, 1.82) is 0 Å². The third-order valence-electron chi connectivity index (χ3n) is 1.69. The molecule has 0 N–H and O–H groups in total. The van der Waals surface area contributed by atoms with Gasteiger partial charge in [-0.3, -0.25) is 9.69 Å². The molecule has 0 aromatic carbocycles. The van der Waals surface area contributed by atoms with Gasteiger partial charge < -0.3 is 0 Å². The van der Waals surface area contributed by atoms with Crippen molar-refractivity contribution in [3.05, 3.63) is 5.69 Å². The van der Waals surface area contributed by atoms with Crippen LogP contribution in [-0.2, 0) is 4.79 Å². The number of aromatic nitrogens is 1. The van der Waals surface area contributed by atoms with Crippen LogP contribution in [0.15, 0.2) is 4.21 Å². The van der Waals surface area contributed by atoms with Gasteiger partial charge in [0.05, 0.1) is 9.90 Å². The third kappa shape index (κ3) is 2.22. The van der Waals surface area contributed by atoms with Gasteiger partial charge >= 0.3 is 0 Å². The predicted molar refractivity (Wildman–Crippen MR) is 57.7 cm³/mol. The molecule has 3 nitrogen and oxygen atoms in total. The van der Waals surface area contributed by atoms with Crippen molar-refractivity contribution in [1.82, 2.24) is 4.98 Å². The van der Waals surface area contributed by atoms with Crippen molar-refractivity contribution in [3.8, 4) is 0 Å². The average molecular weight is 216 g/mol. The molecule has 0 atom stereocenters. The molecule has 0 saturated carbocycles. The number of thioether (sulfide) groups is 1. The highest BCUT2D eigenvalue weighted by atomic mass is 32.2. The average Bonchev–Trinajstić information content (AvgIpc) is 2.45. The van der Waals surface area contributed by atoms with Crippen LogP contribution in [0.4, 0.5) is 5.13 Å². The van der Waals surface area contributed by atoms with Crippen LogP contribution in [0.3, 0.4) is 0 Å². The van der Waals surface area contributed by atoms with Crippen LogP contribution in [0.1, 0.15) is 12.6 Å². The Morgan fingerprint density at radius 3 is 2.62 bits per heavy atom. The first-order chi connectivity index (χ1) is 6.06. The Kier molecular flexibility index (Phi) is 3.33. The molecule has 0 saturated heterocycles. The number of hydrogen-bond acceptors (Lipinski definition) is 4. The Morgan fingerprint density at radius 1 is 1.62 bits per heavy atom. The summed E-state index contributed by atoms with van der Waals surface area (Å²) >= 11 is 3.22. The largest absolute Gasteiger partial charge is 0.291 e. The van der Waals surface area contributed by atoms with E-state index in [0.717, 1.165) is 10.8 Å². The molecular weight excluding hydrogens is 204 g/mol. The second-order valence-corrected chi connectivity index (χ2v) is 4.70. The lowest BCUT2D eigenvalue weighted by atomic mass is 10.6. The summed E-state index contributed by atoms with van der Waals surface area (Å²) in [5.74, 6) is 0.0152. The third-order valence-corrected chi connectivity index (χ3v) is 4.13. The first kappa shape index (κ1) is 10.5. The number of anilines is 1. The molecule has 1 heterocycles. The summed E-state index contributed by atoms with van der Waals surface area (Å²) in [5.41, 5.74) is 1.00. The van der Waals surface area contributed by atoms with E-state index in [1.54, 1.807) is 35.0 Å². The highest BCUT2D eigenvalue weighted by molar-refractivity contribution is 8.00. The Labute approximate surface area is 86.2 Å². The van der Waals surface area contributed by atoms with Gasteiger partial charge in [-0.05, 0) is 13.2 Å². The molecule has 0 bridgehead atoms. The number of carbonyl (C=O) groups is 1. The minimum absolute atomic E-state index is 0.0152. The number of aryl methyl sites for hydroxylation is 1. The maximum atomic E-state index is 11.0. The fourth-order valence-corrected chi connectivity index (χ4v) is 2.54. The van der Waals surface area contributed by atoms with Gasteiger partial charge in [-0.2, -0.15) is 0 Å². The van der Waals surface area contributed by atoms with Crippen LogP contribution in [0, 0.1) is 6.92 Å². The van der Waals surface area contributed by atoms with Crippen molar-refractivity contribution in [2.24, 2.45) is 0 Å². The van der Waals surface area contributed by atoms with E-state index in [2.05, 4.69) is 4.98 Å². The number of nitrogens with zero attached hydrogens (tertiary/aromatic N) is 2. The maximum absolute atomic E-state index is 11.0. The van der Waals surface area contributed by atoms with Crippen LogP contribution in [0.25, 0.3) is 0 Å². The van der Waals surface area contributed by atoms with Crippen LogP contribution in [0.5, 0.6) is 0 Å². The number of amides is 1. The topological polar surface area (TPSA) is 33.2 Å². The molecule has 0 unspecified atom stereocenters. The summed E-state index contributed by atoms with van der Waals surface area (Å²) in [5, 5.41) is 0.773. The van der Waals surface area contributed by atoms with E-state index in [1.165, 1.54) is 11.1 Å². The van der Waals surface area contributed by atoms with Gasteiger partial charge in [-0.15, -0.1) is 11.8 Å². The van der Waals surface area contributed by atoms with Crippen molar-refractivity contribution >= 4 is 34.1 Å². The minimum atomic E-state index is 0.0152. The molecule has 72 valence electrons. The molecule has 1 amide bonds. The summed E-state index contributed by atoms with van der Waals surface area (Å²) < 4.78 is 1.17. The van der Waals surface area contributed by atoms with E-state index in [1.807, 2.05) is 13.2 Å². The second-order valence-electron chi connectivity index (χ2n) is 2.65. The van der Waals surface area contributed by atoms with E-state index in [4.69, 9.17) is 0 Å². The maximum Gasteiger partial charge on any atom is 0.225 e. The van der Waals surface area contributed by atoms with Crippen LogP contribution in [-0.4, -0.2) is 24.2 Å². The van der Waals surface area contributed by atoms with Crippen molar-refractivity contribution in [2.75, 3.05) is 18.2 Å². The molecule has 1 aromatic rings. The van der Waals surface area contributed by atoms with Gasteiger partial charge in [0.2, 0.25) is 5.91 Å². The smallest absolute Gasteiger partial charge is 0.225 e. The van der Waals surface area contributed by atoms with E-state index < -0.39 is 0 Å². The van der Waals surface area contributed by atoms with E-state index in [9.17, 15) is 4.79 Å². The second kappa shape index (κ2) is 4.11. The lowest BCUT2D eigenvalue weighted by molar-refractivity contribution is -0.116. The first-order valence-corrected chi connectivity index (χ1v) is 5.86. The zero-order valence-corrected chi connectivity index (χ0v) is 9.75. The van der Waals surface area contributed by atoms with Crippen LogP contribution < -0.4 is 4.90 Å². The molecule has 0 aliphatic carbocycles. The number of rotatable bonds is 2. The molecule has 5 heteroatoms. The zero-order chi connectivity index (χ0) is 10.0. The summed E-state index contributed by atoms with van der Waals surface area (Å²) in [4.78, 5) is 16.9. The van der Waals surface area contributed by atoms with Crippen molar-refractivity contribution in [2.45, 2.75) is 18.1 Å². The molecular formula is C8H12N2OS2. The number of hydrogen-bond donors (Lipinski definition) is 0. The monoisotopic (exact) mass is 216 g/mol. The van der Waals surface area contributed by atoms with Gasteiger partial charge in [0.1, 0.15) is 0 Å². The molecule has 1 rings (SSSR count). The van der Waals surface area contributed by atoms with Crippen molar-refractivity contribution in [3.63, 3.8) is 0 Å². The predicted octanol–water partition coefficient (Wildman–Crippen LogP) is 2.16. The number of carbonyl (C=O) groups excluding carboxylic acids is 1. The van der Waals surface area contributed by atoms with E-state index in [-0.39, 0.29) is 5.91 Å². The van der Waals surface area contributed by atoms with Gasteiger partial charge in [0.15, 0.2) is 5.13 Å². The summed E-state index contributed by atoms with van der Waals surface area (Å²) in [6, 6.07) is 0. The molecule has 0 aliphatic rings. The van der Waals surface area contributed by atoms with Crippen LogP contribution in [0.2, 0.25) is 0 Å². The van der Waals surface area contributed by atoms with Gasteiger partial charge in [0.25, 0.3) is 0 Å². The van der Waals surface area contributed by atoms with E-state index in [0.29, 0.717) is 0 Å². The molecule has 0 aliphatic heterocycles. The zero-order valence-electron chi connectivity index (χ0n) is 8.12. The van der Waals surface area contributed by atoms with Crippen molar-refractivity contribution < 1.29 is 4.79 Å². The summed E-state index contributed by atoms with van der Waals surface area (Å²) in [7, 11) is 1.74. The lowest BCUT2D eigenvalue weighted by Gasteiger charge is -2.09. The Morgan fingerprint density at radius 2 is 2.23 bits per heavy atom. The summed E-state index contributed by atoms with van der Waals surface area (Å²) in [6.07, 6.45) is 2.01. The van der Waals surface area contributed by atoms with Crippen LogP contribution >= 0.6 is 23.1 Å². The first-order valence-electron chi connectivity index (χ1n) is 3.82. The Bertz CT molecular complexity index is 322. The normalized spacial score (nSPS) is 10.2. The number of thiazole rings is 1. The molecule has 0 spiro atoms. The lowest BCUT2D eigenvalue weighted by Crippen LogP contribution is -2.22. The highest BCUT2D eigenvalue weighted by Crippen LogP contribution is 2.31. The molecule has 1 aromatic heterocycles. The molecule has 0 radical (unpaired) electrons.